The molecule has 1 aromatic rings. The van der Waals surface area contributed by atoms with Crippen LogP contribution in [0.4, 0.5) is 0 Å². The van der Waals surface area contributed by atoms with Crippen molar-refractivity contribution in [3.8, 4) is 0 Å². The van der Waals surface area contributed by atoms with Gasteiger partial charge in [-0.25, -0.2) is 4.72 Å². The van der Waals surface area contributed by atoms with Crippen LogP contribution in [0, 0.1) is 0 Å². The van der Waals surface area contributed by atoms with E-state index in [4.69, 9.17) is 5.73 Å². The minimum absolute atomic E-state index is 0.152. The van der Waals surface area contributed by atoms with Crippen molar-refractivity contribution < 1.29 is 8.42 Å². The molecule has 0 amide bonds. The average Bonchev–Trinajstić information content (AvgIpc) is 2.29. The van der Waals surface area contributed by atoms with Crippen LogP contribution in [0.15, 0.2) is 30.3 Å². The van der Waals surface area contributed by atoms with Gasteiger partial charge in [0.05, 0.1) is 0 Å². The van der Waals surface area contributed by atoms with Gasteiger partial charge in [-0.1, -0.05) is 30.3 Å². The lowest BCUT2D eigenvalue weighted by atomic mass is 10.1. The Morgan fingerprint density at radius 1 is 1.29 bits per heavy atom. The molecule has 5 nitrogen and oxygen atoms in total. The lowest BCUT2D eigenvalue weighted by Gasteiger charge is -2.15. The molecule has 17 heavy (non-hydrogen) atoms. The van der Waals surface area contributed by atoms with Gasteiger partial charge in [-0.05, 0) is 12.0 Å². The Morgan fingerprint density at radius 2 is 1.88 bits per heavy atom. The summed E-state index contributed by atoms with van der Waals surface area (Å²) in [5.41, 5.74) is 6.96. The molecular weight excluding hydrogens is 238 g/mol. The van der Waals surface area contributed by atoms with E-state index in [0.717, 1.165) is 9.87 Å². The fourth-order valence-corrected chi connectivity index (χ4v) is 1.97. The number of rotatable bonds is 6. The highest BCUT2D eigenvalue weighted by Crippen LogP contribution is 2.12. The van der Waals surface area contributed by atoms with Gasteiger partial charge >= 0.3 is 0 Å². The smallest absolute Gasteiger partial charge is 0.278 e. The molecule has 0 aliphatic carbocycles. The second kappa shape index (κ2) is 6.11. The van der Waals surface area contributed by atoms with Gasteiger partial charge in [0.15, 0.2) is 0 Å². The molecule has 0 aliphatic rings. The molecule has 6 heteroatoms. The zero-order chi connectivity index (χ0) is 12.9. The van der Waals surface area contributed by atoms with Gasteiger partial charge in [0.1, 0.15) is 0 Å². The zero-order valence-electron chi connectivity index (χ0n) is 10.1. The van der Waals surface area contributed by atoms with Crippen molar-refractivity contribution in [3.05, 3.63) is 35.9 Å². The zero-order valence-corrected chi connectivity index (χ0v) is 10.9. The van der Waals surface area contributed by atoms with Crippen molar-refractivity contribution >= 4 is 10.2 Å². The maximum absolute atomic E-state index is 11.4. The molecule has 1 rings (SSSR count). The average molecular weight is 257 g/mol. The van der Waals surface area contributed by atoms with Gasteiger partial charge < -0.3 is 5.73 Å². The highest BCUT2D eigenvalue weighted by Gasteiger charge is 2.13. The van der Waals surface area contributed by atoms with Gasteiger partial charge in [-0.3, -0.25) is 0 Å². The monoisotopic (exact) mass is 257 g/mol. The van der Waals surface area contributed by atoms with Crippen LogP contribution >= 0.6 is 0 Å². The van der Waals surface area contributed by atoms with Crippen LogP contribution in [0.5, 0.6) is 0 Å². The molecule has 0 radical (unpaired) electrons. The molecule has 0 aromatic heterocycles. The van der Waals surface area contributed by atoms with Crippen molar-refractivity contribution in [2.45, 2.75) is 12.5 Å². The molecule has 1 atom stereocenters. The third-order valence-electron chi connectivity index (χ3n) is 2.45. The number of nitrogens with zero attached hydrogens (tertiary/aromatic N) is 1. The van der Waals surface area contributed by atoms with E-state index in [-0.39, 0.29) is 6.04 Å². The van der Waals surface area contributed by atoms with Gasteiger partial charge in [0.25, 0.3) is 10.2 Å². The van der Waals surface area contributed by atoms with Crippen LogP contribution in [0.3, 0.4) is 0 Å². The van der Waals surface area contributed by atoms with E-state index >= 15 is 0 Å². The first-order valence-electron chi connectivity index (χ1n) is 5.41. The van der Waals surface area contributed by atoms with Crippen LogP contribution in [-0.4, -0.2) is 33.4 Å². The Labute approximate surface area is 103 Å². The Bertz CT molecular complexity index is 431. The summed E-state index contributed by atoms with van der Waals surface area (Å²) in [4.78, 5) is 0. The lowest BCUT2D eigenvalue weighted by Crippen LogP contribution is -2.36. The molecule has 1 unspecified atom stereocenters. The summed E-state index contributed by atoms with van der Waals surface area (Å²) >= 11 is 0. The van der Waals surface area contributed by atoms with Gasteiger partial charge in [0.2, 0.25) is 0 Å². The molecule has 0 saturated carbocycles. The molecule has 0 saturated heterocycles. The van der Waals surface area contributed by atoms with Crippen LogP contribution in [0.25, 0.3) is 0 Å². The fourth-order valence-electron chi connectivity index (χ4n) is 1.34. The fraction of sp³-hybridized carbons (Fsp3) is 0.455. The van der Waals surface area contributed by atoms with Crippen LogP contribution in [-0.2, 0) is 10.2 Å². The van der Waals surface area contributed by atoms with E-state index in [1.807, 2.05) is 30.3 Å². The molecule has 3 N–H and O–H groups in total. The number of nitrogens with two attached hydrogens (primary N) is 1. The Balaban J connectivity index is 2.43. The normalized spacial score (nSPS) is 13.9. The minimum atomic E-state index is -3.35. The molecule has 0 bridgehead atoms. The maximum atomic E-state index is 11.4. The van der Waals surface area contributed by atoms with Crippen molar-refractivity contribution in [3.63, 3.8) is 0 Å². The molecule has 1 aromatic carbocycles. The third kappa shape index (κ3) is 4.43. The third-order valence-corrected chi connectivity index (χ3v) is 3.98. The van der Waals surface area contributed by atoms with Crippen molar-refractivity contribution in [1.82, 2.24) is 9.03 Å². The first kappa shape index (κ1) is 14.1. The maximum Gasteiger partial charge on any atom is 0.278 e. The summed E-state index contributed by atoms with van der Waals surface area (Å²) in [5.74, 6) is 0. The number of hydrogen-bond acceptors (Lipinski definition) is 3. The predicted molar refractivity (Wildman–Crippen MR) is 68.6 cm³/mol. The van der Waals surface area contributed by atoms with Gasteiger partial charge in [-0.15, -0.1) is 0 Å². The summed E-state index contributed by atoms with van der Waals surface area (Å²) in [6.45, 7) is 0.330. The van der Waals surface area contributed by atoms with Crippen LogP contribution in [0.2, 0.25) is 0 Å². The summed E-state index contributed by atoms with van der Waals surface area (Å²) in [6.07, 6.45) is 0.567. The predicted octanol–water partition coefficient (Wildman–Crippen LogP) is 0.473. The lowest BCUT2D eigenvalue weighted by molar-refractivity contribution is 0.500. The van der Waals surface area contributed by atoms with Gasteiger partial charge in [0, 0.05) is 26.7 Å². The highest BCUT2D eigenvalue weighted by atomic mass is 32.2. The molecule has 0 aliphatic heterocycles. The molecular formula is C11H19N3O2S. The quantitative estimate of drug-likeness (QED) is 0.778. The van der Waals surface area contributed by atoms with E-state index in [9.17, 15) is 8.42 Å². The summed E-state index contributed by atoms with van der Waals surface area (Å²) < 4.78 is 26.5. The second-order valence-corrected chi connectivity index (χ2v) is 5.96. The largest absolute Gasteiger partial charge is 0.324 e. The first-order chi connectivity index (χ1) is 7.93. The first-order valence-corrected chi connectivity index (χ1v) is 6.85. The topological polar surface area (TPSA) is 75.4 Å². The van der Waals surface area contributed by atoms with Crippen molar-refractivity contribution in [2.24, 2.45) is 5.73 Å². The number of nitrogens with one attached hydrogen (secondary N) is 1. The molecule has 96 valence electrons. The summed E-state index contributed by atoms with van der Waals surface area (Å²) in [6, 6.07) is 9.47. The number of benzene rings is 1. The van der Waals surface area contributed by atoms with Crippen molar-refractivity contribution in [2.75, 3.05) is 20.6 Å². The standard InChI is InChI=1S/C11H19N3O2S/c1-14(2)17(15,16)13-9-8-11(12)10-6-4-3-5-7-10/h3-7,11,13H,8-9,12H2,1-2H3. The van der Waals surface area contributed by atoms with E-state index in [1.165, 1.54) is 14.1 Å². The van der Waals surface area contributed by atoms with E-state index in [2.05, 4.69) is 4.72 Å². The summed E-state index contributed by atoms with van der Waals surface area (Å²) in [5, 5.41) is 0. The molecule has 0 spiro atoms. The second-order valence-electron chi connectivity index (χ2n) is 3.99. The molecule has 0 fully saturated rings. The van der Waals surface area contributed by atoms with Crippen LogP contribution < -0.4 is 10.5 Å². The number of hydrogen-bond donors (Lipinski definition) is 2. The highest BCUT2D eigenvalue weighted by molar-refractivity contribution is 7.87. The Kier molecular flexibility index (Phi) is 5.07. The van der Waals surface area contributed by atoms with Gasteiger partial charge in [-0.2, -0.15) is 12.7 Å². The molecule has 0 heterocycles. The van der Waals surface area contributed by atoms with E-state index in [0.29, 0.717) is 13.0 Å². The van der Waals surface area contributed by atoms with Crippen molar-refractivity contribution in [1.29, 1.82) is 0 Å². The van der Waals surface area contributed by atoms with Crippen LogP contribution in [0.1, 0.15) is 18.0 Å². The summed E-state index contributed by atoms with van der Waals surface area (Å²) in [7, 11) is -0.377. The SMILES string of the molecule is CN(C)S(=O)(=O)NCCC(N)c1ccccc1. The Morgan fingerprint density at radius 3 is 2.41 bits per heavy atom. The van der Waals surface area contributed by atoms with E-state index in [1.54, 1.807) is 0 Å². The minimum Gasteiger partial charge on any atom is -0.324 e. The Hall–Kier alpha value is -0.950. The van der Waals surface area contributed by atoms with E-state index < -0.39 is 10.2 Å².